The molecular formula is C9H14N2O2. The summed E-state index contributed by atoms with van der Waals surface area (Å²) >= 11 is 0. The number of nitrogens with two attached hydrogens (primary N) is 1. The van der Waals surface area contributed by atoms with Crippen LogP contribution in [0.15, 0.2) is 12.1 Å². The van der Waals surface area contributed by atoms with Crippen LogP contribution in [0.3, 0.4) is 0 Å². The summed E-state index contributed by atoms with van der Waals surface area (Å²) in [6.45, 7) is -0.199. The van der Waals surface area contributed by atoms with Crippen molar-refractivity contribution in [2.75, 3.05) is 18.1 Å². The van der Waals surface area contributed by atoms with Crippen molar-refractivity contribution in [1.29, 1.82) is 0 Å². The normalized spacial score (nSPS) is 10.1. The highest BCUT2D eigenvalue weighted by atomic mass is 16.3. The molecule has 0 radical (unpaired) electrons. The van der Waals surface area contributed by atoms with Gasteiger partial charge in [0.15, 0.2) is 0 Å². The van der Waals surface area contributed by atoms with Crippen molar-refractivity contribution in [3.05, 3.63) is 23.3 Å². The standard InChI is InChI=1S/C9H14N2O2/c1-11-9-3-7(5-13)6(4-12)2-8(9)10/h2-3,11-13H,4-5,10H2,1H3. The third-order valence-electron chi connectivity index (χ3n) is 1.98. The van der Waals surface area contributed by atoms with Crippen LogP contribution in [0.5, 0.6) is 0 Å². The minimum absolute atomic E-state index is 0.0924. The molecule has 4 heteroatoms. The van der Waals surface area contributed by atoms with Crippen molar-refractivity contribution in [1.82, 2.24) is 0 Å². The highest BCUT2D eigenvalue weighted by Crippen LogP contribution is 2.23. The topological polar surface area (TPSA) is 78.5 Å². The molecule has 0 unspecified atom stereocenters. The van der Waals surface area contributed by atoms with Gasteiger partial charge < -0.3 is 21.3 Å². The molecule has 0 saturated heterocycles. The van der Waals surface area contributed by atoms with E-state index in [0.29, 0.717) is 16.8 Å². The maximum atomic E-state index is 8.98. The number of benzene rings is 1. The molecular weight excluding hydrogens is 168 g/mol. The van der Waals surface area contributed by atoms with E-state index in [0.717, 1.165) is 5.69 Å². The highest BCUT2D eigenvalue weighted by molar-refractivity contribution is 5.68. The molecule has 0 saturated carbocycles. The van der Waals surface area contributed by atoms with Gasteiger partial charge >= 0.3 is 0 Å². The zero-order valence-corrected chi connectivity index (χ0v) is 7.54. The van der Waals surface area contributed by atoms with Crippen LogP contribution in [0.4, 0.5) is 11.4 Å². The molecule has 1 aromatic rings. The number of aliphatic hydroxyl groups excluding tert-OH is 2. The molecule has 4 nitrogen and oxygen atoms in total. The Bertz CT molecular complexity index is 300. The van der Waals surface area contributed by atoms with E-state index < -0.39 is 0 Å². The van der Waals surface area contributed by atoms with Gasteiger partial charge in [-0.25, -0.2) is 0 Å². The fourth-order valence-electron chi connectivity index (χ4n) is 1.22. The van der Waals surface area contributed by atoms with Crippen LogP contribution in [0, 0.1) is 0 Å². The van der Waals surface area contributed by atoms with Gasteiger partial charge in [0.25, 0.3) is 0 Å². The Labute approximate surface area is 77.0 Å². The number of anilines is 2. The molecule has 0 aliphatic carbocycles. The summed E-state index contributed by atoms with van der Waals surface area (Å²) in [5.74, 6) is 0. The van der Waals surface area contributed by atoms with Gasteiger partial charge in [-0.15, -0.1) is 0 Å². The predicted molar refractivity (Wildman–Crippen MR) is 52.2 cm³/mol. The zero-order valence-electron chi connectivity index (χ0n) is 7.54. The summed E-state index contributed by atoms with van der Waals surface area (Å²) in [5, 5.41) is 20.8. The van der Waals surface area contributed by atoms with E-state index in [-0.39, 0.29) is 13.2 Å². The number of nitrogen functional groups attached to an aromatic ring is 1. The summed E-state index contributed by atoms with van der Waals surface area (Å²) < 4.78 is 0. The Balaban J connectivity index is 3.18. The van der Waals surface area contributed by atoms with Crippen molar-refractivity contribution >= 4 is 11.4 Å². The van der Waals surface area contributed by atoms with Crippen LogP contribution < -0.4 is 11.1 Å². The number of hydrogen-bond donors (Lipinski definition) is 4. The minimum Gasteiger partial charge on any atom is -0.397 e. The lowest BCUT2D eigenvalue weighted by molar-refractivity contribution is 0.260. The largest absolute Gasteiger partial charge is 0.397 e. The van der Waals surface area contributed by atoms with E-state index in [2.05, 4.69) is 5.32 Å². The molecule has 0 aromatic heterocycles. The van der Waals surface area contributed by atoms with E-state index in [4.69, 9.17) is 15.9 Å². The molecule has 13 heavy (non-hydrogen) atoms. The molecule has 1 aromatic carbocycles. The quantitative estimate of drug-likeness (QED) is 0.507. The molecule has 0 spiro atoms. The molecule has 0 heterocycles. The molecule has 0 aliphatic heterocycles. The van der Waals surface area contributed by atoms with Crippen molar-refractivity contribution in [2.45, 2.75) is 13.2 Å². The maximum Gasteiger partial charge on any atom is 0.0686 e. The van der Waals surface area contributed by atoms with Crippen LogP contribution >= 0.6 is 0 Å². The fraction of sp³-hybridized carbons (Fsp3) is 0.333. The number of nitrogens with one attached hydrogen (secondary N) is 1. The van der Waals surface area contributed by atoms with Gasteiger partial charge in [0.2, 0.25) is 0 Å². The van der Waals surface area contributed by atoms with Crippen LogP contribution in [-0.4, -0.2) is 17.3 Å². The van der Waals surface area contributed by atoms with Crippen molar-refractivity contribution < 1.29 is 10.2 Å². The molecule has 5 N–H and O–H groups in total. The zero-order chi connectivity index (χ0) is 9.84. The maximum absolute atomic E-state index is 8.98. The van der Waals surface area contributed by atoms with Crippen LogP contribution in [0.2, 0.25) is 0 Å². The number of hydrogen-bond acceptors (Lipinski definition) is 4. The lowest BCUT2D eigenvalue weighted by Crippen LogP contribution is -2.01. The van der Waals surface area contributed by atoms with Crippen LogP contribution in [0.1, 0.15) is 11.1 Å². The molecule has 72 valence electrons. The summed E-state index contributed by atoms with van der Waals surface area (Å²) in [6, 6.07) is 3.40. The van der Waals surface area contributed by atoms with Gasteiger partial charge in [-0.05, 0) is 23.3 Å². The Hall–Kier alpha value is -1.26. The summed E-state index contributed by atoms with van der Waals surface area (Å²) in [7, 11) is 1.76. The molecule has 0 fully saturated rings. The van der Waals surface area contributed by atoms with E-state index in [1.54, 1.807) is 19.2 Å². The molecule has 0 bridgehead atoms. The average Bonchev–Trinajstić information content (AvgIpc) is 2.17. The number of aliphatic hydroxyl groups is 2. The van der Waals surface area contributed by atoms with E-state index >= 15 is 0 Å². The summed E-state index contributed by atoms with van der Waals surface area (Å²) in [6.07, 6.45) is 0. The highest BCUT2D eigenvalue weighted by Gasteiger charge is 2.05. The molecule has 1 rings (SSSR count). The number of rotatable bonds is 3. The lowest BCUT2D eigenvalue weighted by Gasteiger charge is -2.10. The Kier molecular flexibility index (Phi) is 3.11. The SMILES string of the molecule is CNc1cc(CO)c(CO)cc1N. The second kappa shape index (κ2) is 4.11. The molecule has 0 atom stereocenters. The van der Waals surface area contributed by atoms with E-state index in [9.17, 15) is 0 Å². The Morgan fingerprint density at radius 2 is 1.77 bits per heavy atom. The van der Waals surface area contributed by atoms with Gasteiger partial charge in [-0.3, -0.25) is 0 Å². The first kappa shape index (κ1) is 9.83. The second-order valence-electron chi connectivity index (χ2n) is 2.77. The first-order valence-electron chi connectivity index (χ1n) is 4.03. The van der Waals surface area contributed by atoms with Crippen molar-refractivity contribution in [2.24, 2.45) is 0 Å². The smallest absolute Gasteiger partial charge is 0.0686 e. The Morgan fingerprint density at radius 1 is 1.23 bits per heavy atom. The van der Waals surface area contributed by atoms with E-state index in [1.165, 1.54) is 0 Å². The monoisotopic (exact) mass is 182 g/mol. The summed E-state index contributed by atoms with van der Waals surface area (Å²) in [5.41, 5.74) is 8.37. The van der Waals surface area contributed by atoms with Crippen molar-refractivity contribution in [3.8, 4) is 0 Å². The Morgan fingerprint density at radius 3 is 2.23 bits per heavy atom. The van der Waals surface area contributed by atoms with Gasteiger partial charge in [-0.2, -0.15) is 0 Å². The van der Waals surface area contributed by atoms with Gasteiger partial charge in [0.1, 0.15) is 0 Å². The van der Waals surface area contributed by atoms with Crippen LogP contribution in [0.25, 0.3) is 0 Å². The predicted octanol–water partition coefficient (Wildman–Crippen LogP) is 0.295. The first-order valence-corrected chi connectivity index (χ1v) is 4.03. The molecule has 0 aliphatic rings. The van der Waals surface area contributed by atoms with Crippen molar-refractivity contribution in [3.63, 3.8) is 0 Å². The first-order chi connectivity index (χ1) is 6.22. The molecule has 0 amide bonds. The van der Waals surface area contributed by atoms with Gasteiger partial charge in [-0.1, -0.05) is 0 Å². The van der Waals surface area contributed by atoms with Crippen LogP contribution in [-0.2, 0) is 13.2 Å². The minimum atomic E-state index is -0.107. The average molecular weight is 182 g/mol. The summed E-state index contributed by atoms with van der Waals surface area (Å²) in [4.78, 5) is 0. The van der Waals surface area contributed by atoms with Gasteiger partial charge in [0, 0.05) is 7.05 Å². The van der Waals surface area contributed by atoms with E-state index in [1.807, 2.05) is 0 Å². The fourth-order valence-corrected chi connectivity index (χ4v) is 1.22. The third-order valence-corrected chi connectivity index (χ3v) is 1.98. The van der Waals surface area contributed by atoms with Gasteiger partial charge in [0.05, 0.1) is 24.6 Å². The third kappa shape index (κ3) is 1.91. The lowest BCUT2D eigenvalue weighted by atomic mass is 10.1. The second-order valence-corrected chi connectivity index (χ2v) is 2.77.